The lowest BCUT2D eigenvalue weighted by atomic mass is 10.1. The van der Waals surface area contributed by atoms with E-state index in [9.17, 15) is 8.42 Å². The average molecular weight is 383 g/mol. The first-order valence-electron chi connectivity index (χ1n) is 8.91. The molecule has 4 rings (SSSR count). The van der Waals surface area contributed by atoms with Gasteiger partial charge in [0.05, 0.1) is 24.3 Å². The first-order chi connectivity index (χ1) is 13.1. The van der Waals surface area contributed by atoms with Crippen molar-refractivity contribution in [1.82, 2.24) is 0 Å². The van der Waals surface area contributed by atoms with Crippen molar-refractivity contribution in [2.45, 2.75) is 18.2 Å². The number of rotatable bonds is 5. The van der Waals surface area contributed by atoms with Gasteiger partial charge in [-0.1, -0.05) is 30.3 Å². The predicted molar refractivity (Wildman–Crippen MR) is 106 cm³/mol. The van der Waals surface area contributed by atoms with Crippen LogP contribution < -0.4 is 13.8 Å². The maximum Gasteiger partial charge on any atom is 0.264 e. The van der Waals surface area contributed by atoms with Gasteiger partial charge in [-0.25, -0.2) is 8.42 Å². The largest absolute Gasteiger partial charge is 0.496 e. The quantitative estimate of drug-likeness (QED) is 0.668. The van der Waals surface area contributed by atoms with E-state index in [0.29, 0.717) is 36.4 Å². The molecule has 140 valence electrons. The molecule has 27 heavy (non-hydrogen) atoms. The molecule has 6 heteroatoms. The monoisotopic (exact) mass is 383 g/mol. The third-order valence-corrected chi connectivity index (χ3v) is 6.75. The summed E-state index contributed by atoms with van der Waals surface area (Å²) in [6.07, 6.45) is 0.632. The summed E-state index contributed by atoms with van der Waals surface area (Å²) in [6, 6.07) is 16.3. The van der Waals surface area contributed by atoms with Gasteiger partial charge >= 0.3 is 0 Å². The van der Waals surface area contributed by atoms with Crippen LogP contribution in [0.2, 0.25) is 0 Å². The summed E-state index contributed by atoms with van der Waals surface area (Å²) in [5.74, 6) is 1.41. The van der Waals surface area contributed by atoms with Crippen LogP contribution in [0.15, 0.2) is 59.5 Å². The van der Waals surface area contributed by atoms with E-state index in [1.54, 1.807) is 19.2 Å². The number of nitrogens with zero attached hydrogens (tertiary/aromatic N) is 1. The van der Waals surface area contributed by atoms with Crippen LogP contribution in [-0.4, -0.2) is 28.7 Å². The standard InChI is InChI=1S/C21H21NO4S/c1-3-26-20-11-12-21(16-8-5-4-7-15(16)20)27(23,24)22-14-13-17-18(22)9-6-10-19(17)25-2/h4-12H,3,13-14H2,1-2H3. The van der Waals surface area contributed by atoms with Crippen molar-refractivity contribution in [3.63, 3.8) is 0 Å². The number of hydrogen-bond donors (Lipinski definition) is 0. The Hall–Kier alpha value is -2.73. The Labute approximate surface area is 159 Å². The molecule has 3 aromatic carbocycles. The summed E-state index contributed by atoms with van der Waals surface area (Å²) in [7, 11) is -2.11. The van der Waals surface area contributed by atoms with E-state index in [1.165, 1.54) is 4.31 Å². The van der Waals surface area contributed by atoms with Crippen LogP contribution in [-0.2, 0) is 16.4 Å². The van der Waals surface area contributed by atoms with Crippen molar-refractivity contribution in [3.05, 3.63) is 60.2 Å². The highest BCUT2D eigenvalue weighted by atomic mass is 32.2. The molecule has 0 radical (unpaired) electrons. The fourth-order valence-electron chi connectivity index (χ4n) is 3.68. The molecule has 0 unspecified atom stereocenters. The third-order valence-electron chi connectivity index (χ3n) is 4.87. The van der Waals surface area contributed by atoms with Crippen LogP contribution >= 0.6 is 0 Å². The maximum absolute atomic E-state index is 13.5. The van der Waals surface area contributed by atoms with Gasteiger partial charge in [-0.05, 0) is 37.6 Å². The van der Waals surface area contributed by atoms with E-state index >= 15 is 0 Å². The first-order valence-corrected chi connectivity index (χ1v) is 10.3. The van der Waals surface area contributed by atoms with E-state index in [2.05, 4.69) is 0 Å². The minimum atomic E-state index is -3.71. The van der Waals surface area contributed by atoms with Gasteiger partial charge in [0.25, 0.3) is 10.0 Å². The molecule has 0 amide bonds. The zero-order valence-corrected chi connectivity index (χ0v) is 16.1. The maximum atomic E-state index is 13.5. The molecule has 5 nitrogen and oxygen atoms in total. The molecule has 1 heterocycles. The van der Waals surface area contributed by atoms with E-state index < -0.39 is 10.0 Å². The molecule has 1 aliphatic heterocycles. The van der Waals surface area contributed by atoms with Crippen molar-refractivity contribution in [3.8, 4) is 11.5 Å². The van der Waals surface area contributed by atoms with Gasteiger partial charge in [-0.15, -0.1) is 0 Å². The van der Waals surface area contributed by atoms with Crippen LogP contribution in [0.5, 0.6) is 11.5 Å². The summed E-state index contributed by atoms with van der Waals surface area (Å²) in [5.41, 5.74) is 1.62. The zero-order valence-electron chi connectivity index (χ0n) is 15.3. The number of benzene rings is 3. The van der Waals surface area contributed by atoms with Crippen molar-refractivity contribution >= 4 is 26.5 Å². The zero-order chi connectivity index (χ0) is 19.0. The second kappa shape index (κ2) is 6.78. The van der Waals surface area contributed by atoms with E-state index in [-0.39, 0.29) is 4.90 Å². The van der Waals surface area contributed by atoms with Gasteiger partial charge in [-0.3, -0.25) is 4.31 Å². The molecule has 1 aliphatic rings. The lowest BCUT2D eigenvalue weighted by Crippen LogP contribution is -2.29. The summed E-state index contributed by atoms with van der Waals surface area (Å²) >= 11 is 0. The predicted octanol–water partition coefficient (Wildman–Crippen LogP) is 4.00. The van der Waals surface area contributed by atoms with Gasteiger partial charge in [0.15, 0.2) is 0 Å². The van der Waals surface area contributed by atoms with Crippen molar-refractivity contribution in [2.75, 3.05) is 24.6 Å². The molecular weight excluding hydrogens is 362 g/mol. The Bertz CT molecular complexity index is 1110. The number of anilines is 1. The highest BCUT2D eigenvalue weighted by Gasteiger charge is 2.33. The molecule has 0 saturated carbocycles. The van der Waals surface area contributed by atoms with E-state index in [0.717, 1.165) is 16.7 Å². The van der Waals surface area contributed by atoms with Crippen LogP contribution in [0, 0.1) is 0 Å². The lowest BCUT2D eigenvalue weighted by Gasteiger charge is -2.21. The minimum absolute atomic E-state index is 0.289. The van der Waals surface area contributed by atoms with Gasteiger partial charge in [-0.2, -0.15) is 0 Å². The lowest BCUT2D eigenvalue weighted by molar-refractivity contribution is 0.344. The number of sulfonamides is 1. The number of methoxy groups -OCH3 is 1. The number of fused-ring (bicyclic) bond motifs is 2. The fraction of sp³-hybridized carbons (Fsp3) is 0.238. The van der Waals surface area contributed by atoms with Crippen LogP contribution in [0.3, 0.4) is 0 Å². The summed E-state index contributed by atoms with van der Waals surface area (Å²) < 4.78 is 39.6. The van der Waals surface area contributed by atoms with Crippen LogP contribution in [0.4, 0.5) is 5.69 Å². The van der Waals surface area contributed by atoms with Crippen LogP contribution in [0.1, 0.15) is 12.5 Å². The van der Waals surface area contributed by atoms with E-state index in [1.807, 2.05) is 49.4 Å². The Morgan fingerprint density at radius 3 is 2.48 bits per heavy atom. The molecule has 0 atom stereocenters. The molecule has 0 aliphatic carbocycles. The Kier molecular flexibility index (Phi) is 4.44. The second-order valence-corrected chi connectivity index (χ2v) is 8.16. The Morgan fingerprint density at radius 1 is 0.963 bits per heavy atom. The van der Waals surface area contributed by atoms with Crippen molar-refractivity contribution < 1.29 is 17.9 Å². The smallest absolute Gasteiger partial charge is 0.264 e. The highest BCUT2D eigenvalue weighted by molar-refractivity contribution is 7.93. The minimum Gasteiger partial charge on any atom is -0.496 e. The van der Waals surface area contributed by atoms with Crippen molar-refractivity contribution in [2.24, 2.45) is 0 Å². The Morgan fingerprint density at radius 2 is 1.74 bits per heavy atom. The first kappa shape index (κ1) is 17.7. The molecule has 3 aromatic rings. The van der Waals surface area contributed by atoms with Gasteiger partial charge < -0.3 is 9.47 Å². The van der Waals surface area contributed by atoms with Gasteiger partial charge in [0.1, 0.15) is 11.5 Å². The highest BCUT2D eigenvalue weighted by Crippen LogP contribution is 2.40. The van der Waals surface area contributed by atoms with Gasteiger partial charge in [0, 0.05) is 22.9 Å². The van der Waals surface area contributed by atoms with Crippen molar-refractivity contribution in [1.29, 1.82) is 0 Å². The summed E-state index contributed by atoms with van der Waals surface area (Å²) in [6.45, 7) is 2.84. The molecule has 0 fully saturated rings. The molecule has 0 N–H and O–H groups in total. The SMILES string of the molecule is CCOc1ccc(S(=O)(=O)N2CCc3c(OC)cccc32)c2ccccc12. The second-order valence-electron chi connectivity index (χ2n) is 6.33. The van der Waals surface area contributed by atoms with E-state index in [4.69, 9.17) is 9.47 Å². The summed E-state index contributed by atoms with van der Waals surface area (Å²) in [4.78, 5) is 0.289. The average Bonchev–Trinajstić information content (AvgIpc) is 3.13. The molecule has 0 saturated heterocycles. The number of hydrogen-bond acceptors (Lipinski definition) is 4. The van der Waals surface area contributed by atoms with Gasteiger partial charge in [0.2, 0.25) is 0 Å². The molecule has 0 bridgehead atoms. The fourth-order valence-corrected chi connectivity index (χ4v) is 5.38. The van der Waals surface area contributed by atoms with Crippen LogP contribution in [0.25, 0.3) is 10.8 Å². The third kappa shape index (κ3) is 2.80. The molecular formula is C21H21NO4S. The topological polar surface area (TPSA) is 55.8 Å². The Balaban J connectivity index is 1.87. The summed E-state index contributed by atoms with van der Waals surface area (Å²) in [5, 5.41) is 1.46. The molecule has 0 spiro atoms. The number of ether oxygens (including phenoxy) is 2. The normalized spacial score (nSPS) is 13.6. The molecule has 0 aromatic heterocycles.